The average molecular weight is 581 g/mol. The number of nitrogens with zero attached hydrogens (tertiary/aromatic N) is 2. The zero-order valence-electron chi connectivity index (χ0n) is 27.4. The van der Waals surface area contributed by atoms with Crippen LogP contribution >= 0.6 is 0 Å². The van der Waals surface area contributed by atoms with Crippen molar-refractivity contribution in [1.82, 2.24) is 0 Å². The van der Waals surface area contributed by atoms with E-state index >= 15 is 0 Å². The fraction of sp³-hybridized carbons (Fsp3) is 0.286. The van der Waals surface area contributed by atoms with Crippen molar-refractivity contribution in [3.05, 3.63) is 145 Å². The predicted octanol–water partition coefficient (Wildman–Crippen LogP) is 12.8. The summed E-state index contributed by atoms with van der Waals surface area (Å²) in [5.41, 5.74) is 9.95. The van der Waals surface area contributed by atoms with Gasteiger partial charge >= 0.3 is 0 Å². The summed E-state index contributed by atoms with van der Waals surface area (Å²) in [4.78, 5) is 4.69. The lowest BCUT2D eigenvalue weighted by Gasteiger charge is -2.30. The smallest absolute Gasteiger partial charge is 0.0463 e. The van der Waals surface area contributed by atoms with Gasteiger partial charge in [-0.15, -0.1) is 0 Å². The van der Waals surface area contributed by atoms with Crippen LogP contribution in [-0.2, 0) is 10.8 Å². The van der Waals surface area contributed by atoms with Crippen LogP contribution in [-0.4, -0.2) is 0 Å². The van der Waals surface area contributed by atoms with Crippen LogP contribution < -0.4 is 9.80 Å². The third-order valence-electron chi connectivity index (χ3n) is 8.96. The van der Waals surface area contributed by atoms with Crippen molar-refractivity contribution in [1.29, 1.82) is 0 Å². The van der Waals surface area contributed by atoms with Gasteiger partial charge in [0.1, 0.15) is 0 Å². The van der Waals surface area contributed by atoms with Crippen LogP contribution in [0.3, 0.4) is 0 Å². The Labute approximate surface area is 266 Å². The first-order valence-electron chi connectivity index (χ1n) is 16.2. The van der Waals surface area contributed by atoms with E-state index < -0.39 is 0 Å². The Hall–Kier alpha value is -4.30. The Morgan fingerprint density at radius 2 is 0.614 bits per heavy atom. The van der Waals surface area contributed by atoms with Gasteiger partial charge in [0.2, 0.25) is 0 Å². The van der Waals surface area contributed by atoms with Gasteiger partial charge in [0.15, 0.2) is 0 Å². The molecule has 0 saturated carbocycles. The van der Waals surface area contributed by atoms with Gasteiger partial charge in [0.05, 0.1) is 0 Å². The standard InChI is InChI=1S/C42H48N2/c1-7-31-41(3,4)33-19-23-37(24-20-33)44(38-25-21-34(22-26-38)42(5,6)32-8-2)40-29-27-39(28-30-40)43(35-15-11-9-12-16-35)36-17-13-10-14-18-36/h9-30H,7-8,31-32H2,1-6H3. The van der Waals surface area contributed by atoms with Gasteiger partial charge in [0, 0.05) is 34.1 Å². The molecule has 0 aliphatic rings. The van der Waals surface area contributed by atoms with Crippen LogP contribution in [0.25, 0.3) is 0 Å². The Morgan fingerprint density at radius 3 is 0.886 bits per heavy atom. The Balaban J connectivity index is 1.56. The van der Waals surface area contributed by atoms with E-state index in [1.165, 1.54) is 36.8 Å². The molecule has 5 aromatic rings. The summed E-state index contributed by atoms with van der Waals surface area (Å²) in [5, 5.41) is 0. The second kappa shape index (κ2) is 13.6. The molecule has 2 nitrogen and oxygen atoms in total. The second-order valence-electron chi connectivity index (χ2n) is 13.2. The van der Waals surface area contributed by atoms with Gasteiger partial charge in [-0.05, 0) is 108 Å². The number of para-hydroxylation sites is 2. The van der Waals surface area contributed by atoms with Gasteiger partial charge in [-0.1, -0.05) is 115 Å². The zero-order chi connectivity index (χ0) is 31.2. The van der Waals surface area contributed by atoms with Crippen molar-refractivity contribution in [2.75, 3.05) is 9.80 Å². The molecule has 44 heavy (non-hydrogen) atoms. The Bertz CT molecular complexity index is 1480. The van der Waals surface area contributed by atoms with E-state index in [2.05, 4.69) is 185 Å². The molecule has 0 radical (unpaired) electrons. The molecule has 0 bridgehead atoms. The van der Waals surface area contributed by atoms with Crippen LogP contribution in [0.15, 0.2) is 133 Å². The maximum atomic E-state index is 2.38. The topological polar surface area (TPSA) is 6.48 Å². The summed E-state index contributed by atoms with van der Waals surface area (Å²) in [7, 11) is 0. The lowest BCUT2D eigenvalue weighted by molar-refractivity contribution is 0.473. The molecule has 0 aliphatic carbocycles. The molecule has 0 fully saturated rings. The third kappa shape index (κ3) is 6.91. The molecule has 0 aromatic heterocycles. The molecule has 226 valence electrons. The minimum Gasteiger partial charge on any atom is -0.311 e. The Kier molecular flexibility index (Phi) is 9.59. The first-order chi connectivity index (χ1) is 21.2. The van der Waals surface area contributed by atoms with E-state index in [1.807, 2.05) is 0 Å². The normalized spacial score (nSPS) is 11.8. The molecule has 0 aliphatic heterocycles. The van der Waals surface area contributed by atoms with Crippen LogP contribution in [0, 0.1) is 0 Å². The molecule has 0 unspecified atom stereocenters. The average Bonchev–Trinajstić information content (AvgIpc) is 3.04. The first-order valence-corrected chi connectivity index (χ1v) is 16.2. The van der Waals surface area contributed by atoms with Crippen molar-refractivity contribution < 1.29 is 0 Å². The molecule has 0 N–H and O–H groups in total. The van der Waals surface area contributed by atoms with Gasteiger partial charge in [-0.25, -0.2) is 0 Å². The maximum absolute atomic E-state index is 2.38. The number of benzene rings is 5. The second-order valence-corrected chi connectivity index (χ2v) is 13.2. The minimum absolute atomic E-state index is 0.157. The highest BCUT2D eigenvalue weighted by molar-refractivity contribution is 5.81. The molecule has 5 rings (SSSR count). The minimum atomic E-state index is 0.157. The molecule has 0 saturated heterocycles. The first kappa shape index (κ1) is 31.1. The zero-order valence-corrected chi connectivity index (χ0v) is 27.4. The molecule has 0 spiro atoms. The van der Waals surface area contributed by atoms with Crippen LogP contribution in [0.2, 0.25) is 0 Å². The fourth-order valence-electron chi connectivity index (χ4n) is 6.46. The summed E-state index contributed by atoms with van der Waals surface area (Å²) in [6, 6.07) is 48.6. The fourth-order valence-corrected chi connectivity index (χ4v) is 6.46. The monoisotopic (exact) mass is 580 g/mol. The highest BCUT2D eigenvalue weighted by Gasteiger charge is 2.22. The van der Waals surface area contributed by atoms with Crippen LogP contribution in [0.1, 0.15) is 78.4 Å². The maximum Gasteiger partial charge on any atom is 0.0463 e. The van der Waals surface area contributed by atoms with E-state index in [-0.39, 0.29) is 10.8 Å². The number of hydrogen-bond donors (Lipinski definition) is 0. The van der Waals surface area contributed by atoms with E-state index in [4.69, 9.17) is 0 Å². The summed E-state index contributed by atoms with van der Waals surface area (Å²) in [6.07, 6.45) is 4.70. The molecule has 0 atom stereocenters. The number of rotatable bonds is 12. The Morgan fingerprint density at radius 1 is 0.364 bits per heavy atom. The number of hydrogen-bond acceptors (Lipinski definition) is 2. The van der Waals surface area contributed by atoms with Crippen LogP contribution in [0.5, 0.6) is 0 Å². The lowest BCUT2D eigenvalue weighted by Crippen LogP contribution is -2.18. The largest absolute Gasteiger partial charge is 0.311 e. The van der Waals surface area contributed by atoms with Gasteiger partial charge in [-0.2, -0.15) is 0 Å². The number of anilines is 6. The van der Waals surface area contributed by atoms with Crippen molar-refractivity contribution in [2.45, 2.75) is 78.1 Å². The predicted molar refractivity (Wildman–Crippen MR) is 192 cm³/mol. The molecule has 5 aromatic carbocycles. The quantitative estimate of drug-likeness (QED) is 0.145. The summed E-state index contributed by atoms with van der Waals surface area (Å²) < 4.78 is 0. The molecule has 2 heteroatoms. The lowest BCUT2D eigenvalue weighted by atomic mass is 9.80. The molecule has 0 amide bonds. The van der Waals surface area contributed by atoms with Crippen molar-refractivity contribution in [2.24, 2.45) is 0 Å². The van der Waals surface area contributed by atoms with E-state index in [0.29, 0.717) is 0 Å². The van der Waals surface area contributed by atoms with Crippen molar-refractivity contribution in [3.63, 3.8) is 0 Å². The van der Waals surface area contributed by atoms with Gasteiger partial charge in [0.25, 0.3) is 0 Å². The third-order valence-corrected chi connectivity index (χ3v) is 8.96. The van der Waals surface area contributed by atoms with E-state index in [0.717, 1.165) is 34.1 Å². The van der Waals surface area contributed by atoms with Crippen molar-refractivity contribution >= 4 is 34.1 Å². The van der Waals surface area contributed by atoms with E-state index in [9.17, 15) is 0 Å². The summed E-state index contributed by atoms with van der Waals surface area (Å²) in [6.45, 7) is 13.9. The van der Waals surface area contributed by atoms with Crippen LogP contribution in [0.4, 0.5) is 34.1 Å². The van der Waals surface area contributed by atoms with E-state index in [1.54, 1.807) is 0 Å². The molecule has 0 heterocycles. The highest BCUT2D eigenvalue weighted by Crippen LogP contribution is 2.40. The molecular weight excluding hydrogens is 532 g/mol. The molecular formula is C42H48N2. The SMILES string of the molecule is CCCC(C)(C)c1ccc(N(c2ccc(N(c3ccccc3)c3ccccc3)cc2)c2ccc(C(C)(C)CCC)cc2)cc1. The highest BCUT2D eigenvalue weighted by atomic mass is 15.2. The van der Waals surface area contributed by atoms with Gasteiger partial charge < -0.3 is 9.80 Å². The van der Waals surface area contributed by atoms with Crippen molar-refractivity contribution in [3.8, 4) is 0 Å². The summed E-state index contributed by atoms with van der Waals surface area (Å²) >= 11 is 0. The summed E-state index contributed by atoms with van der Waals surface area (Å²) in [5.74, 6) is 0. The van der Waals surface area contributed by atoms with Gasteiger partial charge in [-0.3, -0.25) is 0 Å².